The molecule has 14 heavy (non-hydrogen) atoms. The van der Waals surface area contributed by atoms with Crippen LogP contribution in [0.5, 0.6) is 0 Å². The minimum Gasteiger partial charge on any atom is -0.300 e. The molecule has 0 aliphatic heterocycles. The molecule has 0 unspecified atom stereocenters. The van der Waals surface area contributed by atoms with Crippen LogP contribution in [0, 0.1) is 23.2 Å². The maximum absolute atomic E-state index is 11.5. The second-order valence-electron chi connectivity index (χ2n) is 5.95. The number of hydrogen-bond donors (Lipinski definition) is 0. The number of carbonyl (C=O) groups is 1. The smallest absolute Gasteiger partial charge is 0.133 e. The van der Waals surface area contributed by atoms with E-state index in [1.807, 2.05) is 0 Å². The van der Waals surface area contributed by atoms with Crippen LogP contribution in [0.1, 0.15) is 52.9 Å². The average molecular weight is 194 g/mol. The van der Waals surface area contributed by atoms with E-state index in [0.29, 0.717) is 17.1 Å². The van der Waals surface area contributed by atoms with Gasteiger partial charge in [-0.3, -0.25) is 4.79 Å². The summed E-state index contributed by atoms with van der Waals surface area (Å²) in [6.07, 6.45) is 5.58. The fraction of sp³-hybridized carbons (Fsp3) is 0.923. The standard InChI is InChI=1S/C13H22O/c1-9(2)11-5-7-13(3)6-4-10(14)8-12(11)13/h9,11-12H,4-8H2,1-3H3/t11-,12+,13+/m0/s1. The molecule has 80 valence electrons. The van der Waals surface area contributed by atoms with Crippen molar-refractivity contribution < 1.29 is 4.79 Å². The summed E-state index contributed by atoms with van der Waals surface area (Å²) < 4.78 is 0. The summed E-state index contributed by atoms with van der Waals surface area (Å²) >= 11 is 0. The first kappa shape index (κ1) is 10.2. The molecule has 0 heterocycles. The maximum atomic E-state index is 11.5. The van der Waals surface area contributed by atoms with Crippen molar-refractivity contribution in [2.24, 2.45) is 23.2 Å². The van der Waals surface area contributed by atoms with E-state index in [9.17, 15) is 4.79 Å². The molecular formula is C13H22O. The van der Waals surface area contributed by atoms with Crippen LogP contribution in [0.15, 0.2) is 0 Å². The van der Waals surface area contributed by atoms with Gasteiger partial charge >= 0.3 is 0 Å². The molecule has 0 radical (unpaired) electrons. The van der Waals surface area contributed by atoms with Crippen LogP contribution in [0.3, 0.4) is 0 Å². The largest absolute Gasteiger partial charge is 0.300 e. The number of ketones is 1. The van der Waals surface area contributed by atoms with Crippen molar-refractivity contribution in [2.75, 3.05) is 0 Å². The van der Waals surface area contributed by atoms with Gasteiger partial charge in [0.05, 0.1) is 0 Å². The van der Waals surface area contributed by atoms with E-state index >= 15 is 0 Å². The molecule has 0 amide bonds. The Morgan fingerprint density at radius 1 is 1.36 bits per heavy atom. The van der Waals surface area contributed by atoms with Crippen molar-refractivity contribution >= 4 is 5.78 Å². The molecule has 0 spiro atoms. The van der Waals surface area contributed by atoms with Crippen LogP contribution >= 0.6 is 0 Å². The first-order valence-corrected chi connectivity index (χ1v) is 6.04. The summed E-state index contributed by atoms with van der Waals surface area (Å²) in [6.45, 7) is 7.04. The van der Waals surface area contributed by atoms with Crippen molar-refractivity contribution in [3.8, 4) is 0 Å². The van der Waals surface area contributed by atoms with Gasteiger partial charge in [-0.2, -0.15) is 0 Å². The monoisotopic (exact) mass is 194 g/mol. The molecule has 2 fully saturated rings. The predicted octanol–water partition coefficient (Wildman–Crippen LogP) is 3.43. The van der Waals surface area contributed by atoms with E-state index < -0.39 is 0 Å². The van der Waals surface area contributed by atoms with Crippen molar-refractivity contribution in [1.29, 1.82) is 0 Å². The minimum atomic E-state index is 0.503. The molecule has 0 aromatic rings. The Kier molecular flexibility index (Phi) is 2.45. The van der Waals surface area contributed by atoms with Gasteiger partial charge in [0.1, 0.15) is 5.78 Å². The molecule has 2 rings (SSSR count). The summed E-state index contributed by atoms with van der Waals surface area (Å²) in [5, 5.41) is 0. The topological polar surface area (TPSA) is 17.1 Å². The van der Waals surface area contributed by atoms with Crippen LogP contribution in [0.4, 0.5) is 0 Å². The van der Waals surface area contributed by atoms with Crippen molar-refractivity contribution in [1.82, 2.24) is 0 Å². The minimum absolute atomic E-state index is 0.503. The van der Waals surface area contributed by atoms with E-state index in [4.69, 9.17) is 0 Å². The molecule has 2 saturated carbocycles. The van der Waals surface area contributed by atoms with Crippen LogP contribution in [0.2, 0.25) is 0 Å². The third kappa shape index (κ3) is 1.51. The Morgan fingerprint density at radius 3 is 2.71 bits per heavy atom. The number of rotatable bonds is 1. The predicted molar refractivity (Wildman–Crippen MR) is 58.0 cm³/mol. The quantitative estimate of drug-likeness (QED) is 0.625. The van der Waals surface area contributed by atoms with Crippen LogP contribution < -0.4 is 0 Å². The van der Waals surface area contributed by atoms with E-state index in [-0.39, 0.29) is 0 Å². The molecule has 0 aromatic carbocycles. The number of hydrogen-bond acceptors (Lipinski definition) is 1. The highest BCUT2D eigenvalue weighted by Crippen LogP contribution is 2.55. The fourth-order valence-electron chi connectivity index (χ4n) is 3.68. The Balaban J connectivity index is 2.18. The highest BCUT2D eigenvalue weighted by Gasteiger charge is 2.48. The zero-order valence-electron chi connectivity index (χ0n) is 9.68. The summed E-state index contributed by atoms with van der Waals surface area (Å²) in [5.41, 5.74) is 0.503. The molecule has 0 N–H and O–H groups in total. The van der Waals surface area contributed by atoms with E-state index in [0.717, 1.165) is 31.1 Å². The highest BCUT2D eigenvalue weighted by molar-refractivity contribution is 5.79. The van der Waals surface area contributed by atoms with Crippen LogP contribution in [-0.2, 0) is 4.79 Å². The van der Waals surface area contributed by atoms with Gasteiger partial charge in [-0.1, -0.05) is 20.8 Å². The first-order chi connectivity index (χ1) is 6.53. The second-order valence-corrected chi connectivity index (χ2v) is 5.95. The molecule has 0 bridgehead atoms. The molecule has 2 aliphatic carbocycles. The zero-order valence-corrected chi connectivity index (χ0v) is 9.68. The SMILES string of the molecule is CC(C)[C@@H]1CC[C@@]2(C)CCC(=O)C[C@H]12. The van der Waals surface area contributed by atoms with Gasteiger partial charge in [0.15, 0.2) is 0 Å². The van der Waals surface area contributed by atoms with E-state index in [1.54, 1.807) is 0 Å². The molecule has 2 aliphatic rings. The Hall–Kier alpha value is -0.330. The van der Waals surface area contributed by atoms with Gasteiger partial charge in [0, 0.05) is 12.8 Å². The third-order valence-corrected chi connectivity index (χ3v) is 4.74. The summed E-state index contributed by atoms with van der Waals surface area (Å²) in [5.74, 6) is 2.78. The average Bonchev–Trinajstić information content (AvgIpc) is 2.43. The lowest BCUT2D eigenvalue weighted by molar-refractivity contribution is -0.124. The van der Waals surface area contributed by atoms with Gasteiger partial charge < -0.3 is 0 Å². The van der Waals surface area contributed by atoms with Crippen molar-refractivity contribution in [3.63, 3.8) is 0 Å². The van der Waals surface area contributed by atoms with E-state index in [2.05, 4.69) is 20.8 Å². The Bertz CT molecular complexity index is 244. The Morgan fingerprint density at radius 2 is 2.07 bits per heavy atom. The van der Waals surface area contributed by atoms with Gasteiger partial charge in [-0.15, -0.1) is 0 Å². The number of carbonyl (C=O) groups excluding carboxylic acids is 1. The number of Topliss-reactive ketones (excluding diaryl/α,β-unsaturated/α-hetero) is 1. The lowest BCUT2D eigenvalue weighted by atomic mass is 9.65. The molecule has 0 aromatic heterocycles. The maximum Gasteiger partial charge on any atom is 0.133 e. The molecule has 3 atom stereocenters. The van der Waals surface area contributed by atoms with Gasteiger partial charge in [0.2, 0.25) is 0 Å². The van der Waals surface area contributed by atoms with Crippen molar-refractivity contribution in [3.05, 3.63) is 0 Å². The van der Waals surface area contributed by atoms with Crippen molar-refractivity contribution in [2.45, 2.75) is 52.9 Å². The molecular weight excluding hydrogens is 172 g/mol. The number of fused-ring (bicyclic) bond motifs is 1. The second kappa shape index (κ2) is 3.36. The zero-order chi connectivity index (χ0) is 10.3. The van der Waals surface area contributed by atoms with Gasteiger partial charge in [0.25, 0.3) is 0 Å². The Labute approximate surface area is 87.3 Å². The van der Waals surface area contributed by atoms with E-state index in [1.165, 1.54) is 12.8 Å². The lowest BCUT2D eigenvalue weighted by Gasteiger charge is -2.38. The van der Waals surface area contributed by atoms with Crippen LogP contribution in [-0.4, -0.2) is 5.78 Å². The molecule has 1 heteroatoms. The lowest BCUT2D eigenvalue weighted by Crippen LogP contribution is -2.34. The highest BCUT2D eigenvalue weighted by atomic mass is 16.1. The molecule has 0 saturated heterocycles. The first-order valence-electron chi connectivity index (χ1n) is 6.04. The van der Waals surface area contributed by atoms with Crippen LogP contribution in [0.25, 0.3) is 0 Å². The normalized spacial score (nSPS) is 43.0. The van der Waals surface area contributed by atoms with Gasteiger partial charge in [-0.25, -0.2) is 0 Å². The summed E-state index contributed by atoms with van der Waals surface area (Å²) in [6, 6.07) is 0. The third-order valence-electron chi connectivity index (χ3n) is 4.74. The summed E-state index contributed by atoms with van der Waals surface area (Å²) in [7, 11) is 0. The molecule has 1 nitrogen and oxygen atoms in total. The summed E-state index contributed by atoms with van der Waals surface area (Å²) in [4.78, 5) is 11.5. The fourth-order valence-corrected chi connectivity index (χ4v) is 3.68. The van der Waals surface area contributed by atoms with Gasteiger partial charge in [-0.05, 0) is 42.4 Å².